The number of carboxylic acid groups (broad SMARTS) is 1. The van der Waals surface area contributed by atoms with Crippen molar-refractivity contribution in [2.75, 3.05) is 17.2 Å². The lowest BCUT2D eigenvalue weighted by Gasteiger charge is -2.12. The Morgan fingerprint density at radius 3 is 1.95 bits per heavy atom. The van der Waals surface area contributed by atoms with E-state index in [4.69, 9.17) is 5.11 Å². The standard InChI is InChI=1S/C24H21N5O8/c1-13-3-8-18(14(2)9-13)27-22-19(28(34)35)10-16(11-20(22)29(36)37)24(33)26-17-6-4-15(5-7-17)23(32)25-12-21(30)31/h3-11,27H,12H2,1-2H3,(H,25,32)(H,26,33)(H,30,31). The van der Waals surface area contributed by atoms with Crippen LogP contribution in [0.15, 0.2) is 54.6 Å². The van der Waals surface area contributed by atoms with E-state index in [1.807, 2.05) is 13.0 Å². The molecule has 0 radical (unpaired) electrons. The number of hydrogen-bond donors (Lipinski definition) is 4. The Morgan fingerprint density at radius 2 is 1.43 bits per heavy atom. The third-order valence-corrected chi connectivity index (χ3v) is 5.20. The number of amides is 2. The minimum atomic E-state index is -1.21. The van der Waals surface area contributed by atoms with Gasteiger partial charge in [0.2, 0.25) is 0 Å². The SMILES string of the molecule is Cc1ccc(Nc2c([N+](=O)[O-])cc(C(=O)Nc3ccc(C(=O)NCC(=O)O)cc3)cc2[N+](=O)[O-])c(C)c1. The number of benzene rings is 3. The molecule has 37 heavy (non-hydrogen) atoms. The number of hydrogen-bond acceptors (Lipinski definition) is 8. The van der Waals surface area contributed by atoms with Crippen molar-refractivity contribution in [2.45, 2.75) is 13.8 Å². The highest BCUT2D eigenvalue weighted by Gasteiger charge is 2.29. The summed E-state index contributed by atoms with van der Waals surface area (Å²) in [6.07, 6.45) is 0. The molecule has 3 aromatic rings. The van der Waals surface area contributed by atoms with Crippen LogP contribution in [0.25, 0.3) is 0 Å². The van der Waals surface area contributed by atoms with Gasteiger partial charge in [0.05, 0.1) is 15.4 Å². The van der Waals surface area contributed by atoms with Crippen LogP contribution in [0.1, 0.15) is 31.8 Å². The van der Waals surface area contributed by atoms with Gasteiger partial charge in [-0.05, 0) is 49.7 Å². The Morgan fingerprint density at radius 1 is 0.838 bits per heavy atom. The average Bonchev–Trinajstić information content (AvgIpc) is 2.84. The normalized spacial score (nSPS) is 10.3. The van der Waals surface area contributed by atoms with E-state index in [0.29, 0.717) is 11.3 Å². The van der Waals surface area contributed by atoms with E-state index >= 15 is 0 Å². The van der Waals surface area contributed by atoms with Gasteiger partial charge in [-0.3, -0.25) is 34.6 Å². The molecule has 0 aromatic heterocycles. The summed E-state index contributed by atoms with van der Waals surface area (Å²) in [6.45, 7) is 3.04. The van der Waals surface area contributed by atoms with Crippen LogP contribution in [0.2, 0.25) is 0 Å². The van der Waals surface area contributed by atoms with Crippen LogP contribution < -0.4 is 16.0 Å². The van der Waals surface area contributed by atoms with E-state index in [-0.39, 0.29) is 22.5 Å². The van der Waals surface area contributed by atoms with E-state index in [9.17, 15) is 34.6 Å². The molecule has 0 bridgehead atoms. The summed E-state index contributed by atoms with van der Waals surface area (Å²) < 4.78 is 0. The molecule has 0 aliphatic carbocycles. The summed E-state index contributed by atoms with van der Waals surface area (Å²) in [7, 11) is 0. The summed E-state index contributed by atoms with van der Waals surface area (Å²) in [6, 6.07) is 12.4. The van der Waals surface area contributed by atoms with Gasteiger partial charge in [0.1, 0.15) is 6.54 Å². The van der Waals surface area contributed by atoms with E-state index < -0.39 is 45.5 Å². The number of nitro benzene ring substituents is 2. The van der Waals surface area contributed by atoms with Crippen LogP contribution >= 0.6 is 0 Å². The smallest absolute Gasteiger partial charge is 0.322 e. The average molecular weight is 507 g/mol. The van der Waals surface area contributed by atoms with Gasteiger partial charge in [-0.1, -0.05) is 17.7 Å². The van der Waals surface area contributed by atoms with Crippen molar-refractivity contribution in [3.63, 3.8) is 0 Å². The highest BCUT2D eigenvalue weighted by atomic mass is 16.6. The first-order chi connectivity index (χ1) is 17.5. The summed E-state index contributed by atoms with van der Waals surface area (Å²) in [5, 5.41) is 39.6. The lowest BCUT2D eigenvalue weighted by Crippen LogP contribution is -2.29. The number of carbonyl (C=O) groups excluding carboxylic acids is 2. The molecule has 0 saturated heterocycles. The summed E-state index contributed by atoms with van der Waals surface area (Å²) in [4.78, 5) is 57.2. The number of anilines is 3. The van der Waals surface area contributed by atoms with Gasteiger partial charge < -0.3 is 21.1 Å². The fourth-order valence-electron chi connectivity index (χ4n) is 3.41. The van der Waals surface area contributed by atoms with Crippen LogP contribution in [0.4, 0.5) is 28.4 Å². The second-order valence-corrected chi connectivity index (χ2v) is 7.95. The third-order valence-electron chi connectivity index (χ3n) is 5.20. The molecule has 13 nitrogen and oxygen atoms in total. The second-order valence-electron chi connectivity index (χ2n) is 7.95. The Balaban J connectivity index is 1.90. The van der Waals surface area contributed by atoms with Crippen molar-refractivity contribution in [2.24, 2.45) is 0 Å². The second kappa shape index (κ2) is 10.9. The summed E-state index contributed by atoms with van der Waals surface area (Å²) in [5.41, 5.74) is 0.396. The van der Waals surface area contributed by atoms with Crippen molar-refractivity contribution in [3.8, 4) is 0 Å². The number of rotatable bonds is 9. The van der Waals surface area contributed by atoms with Crippen molar-refractivity contribution in [1.29, 1.82) is 0 Å². The molecule has 0 aliphatic rings. The predicted molar refractivity (Wildman–Crippen MR) is 133 cm³/mol. The fraction of sp³-hybridized carbons (Fsp3) is 0.125. The van der Waals surface area contributed by atoms with Gasteiger partial charge in [0.25, 0.3) is 11.8 Å². The zero-order chi connectivity index (χ0) is 27.3. The van der Waals surface area contributed by atoms with Gasteiger partial charge in [-0.25, -0.2) is 0 Å². The van der Waals surface area contributed by atoms with Crippen LogP contribution in [-0.4, -0.2) is 39.3 Å². The van der Waals surface area contributed by atoms with Crippen LogP contribution in [-0.2, 0) is 4.79 Å². The monoisotopic (exact) mass is 507 g/mol. The van der Waals surface area contributed by atoms with Gasteiger partial charge in [-0.2, -0.15) is 0 Å². The number of carboxylic acids is 1. The first-order valence-electron chi connectivity index (χ1n) is 10.7. The number of nitro groups is 2. The number of carbonyl (C=O) groups is 3. The molecular weight excluding hydrogens is 486 g/mol. The molecule has 190 valence electrons. The van der Waals surface area contributed by atoms with Gasteiger partial charge in [0, 0.05) is 29.1 Å². The van der Waals surface area contributed by atoms with Crippen molar-refractivity contribution in [1.82, 2.24) is 5.32 Å². The molecule has 3 aromatic carbocycles. The van der Waals surface area contributed by atoms with Crippen LogP contribution in [0.3, 0.4) is 0 Å². The van der Waals surface area contributed by atoms with E-state index in [1.165, 1.54) is 24.3 Å². The van der Waals surface area contributed by atoms with Gasteiger partial charge in [-0.15, -0.1) is 0 Å². The van der Waals surface area contributed by atoms with Crippen molar-refractivity contribution < 1.29 is 29.3 Å². The molecule has 0 unspecified atom stereocenters. The zero-order valence-corrected chi connectivity index (χ0v) is 19.6. The van der Waals surface area contributed by atoms with E-state index in [0.717, 1.165) is 17.7 Å². The highest BCUT2D eigenvalue weighted by Crippen LogP contribution is 2.38. The topological polar surface area (TPSA) is 194 Å². The molecule has 0 atom stereocenters. The van der Waals surface area contributed by atoms with Crippen LogP contribution in [0.5, 0.6) is 0 Å². The predicted octanol–water partition coefficient (Wildman–Crippen LogP) is 3.93. The molecule has 0 fully saturated rings. The maximum atomic E-state index is 12.8. The van der Waals surface area contributed by atoms with E-state index in [1.54, 1.807) is 19.1 Å². The zero-order valence-electron chi connectivity index (χ0n) is 19.6. The Bertz CT molecular complexity index is 1380. The Kier molecular flexibility index (Phi) is 7.77. The lowest BCUT2D eigenvalue weighted by molar-refractivity contribution is -0.392. The van der Waals surface area contributed by atoms with Crippen LogP contribution in [0, 0.1) is 34.1 Å². The quantitative estimate of drug-likeness (QED) is 0.245. The Labute approximate surface area is 209 Å². The molecule has 2 amide bonds. The number of aryl methyl sites for hydroxylation is 2. The highest BCUT2D eigenvalue weighted by molar-refractivity contribution is 6.06. The first-order valence-corrected chi connectivity index (χ1v) is 10.7. The van der Waals surface area contributed by atoms with Gasteiger partial charge in [0.15, 0.2) is 5.69 Å². The van der Waals surface area contributed by atoms with Crippen molar-refractivity contribution >= 4 is 46.2 Å². The molecule has 0 spiro atoms. The summed E-state index contributed by atoms with van der Waals surface area (Å²) >= 11 is 0. The lowest BCUT2D eigenvalue weighted by atomic mass is 10.1. The maximum Gasteiger partial charge on any atom is 0.322 e. The van der Waals surface area contributed by atoms with Gasteiger partial charge >= 0.3 is 17.3 Å². The molecule has 0 aliphatic heterocycles. The first kappa shape index (κ1) is 26.3. The number of nitrogens with one attached hydrogen (secondary N) is 3. The third kappa shape index (κ3) is 6.42. The maximum absolute atomic E-state index is 12.8. The molecular formula is C24H21N5O8. The largest absolute Gasteiger partial charge is 0.480 e. The molecule has 4 N–H and O–H groups in total. The molecule has 3 rings (SSSR count). The minimum absolute atomic E-state index is 0.132. The fourth-order valence-corrected chi connectivity index (χ4v) is 3.41. The molecule has 13 heteroatoms. The number of aliphatic carboxylic acids is 1. The van der Waals surface area contributed by atoms with Crippen molar-refractivity contribution in [3.05, 3.63) is 97.1 Å². The minimum Gasteiger partial charge on any atom is -0.480 e. The summed E-state index contributed by atoms with van der Waals surface area (Å²) in [5.74, 6) is -2.71. The molecule has 0 heterocycles. The number of nitrogens with zero attached hydrogens (tertiary/aromatic N) is 2. The van der Waals surface area contributed by atoms with E-state index in [2.05, 4.69) is 16.0 Å². The molecule has 0 saturated carbocycles. The Hall–Kier alpha value is -5.33.